The molecule has 0 unspecified atom stereocenters. The molecule has 0 spiro atoms. The van der Waals surface area contributed by atoms with Crippen LogP contribution in [0.5, 0.6) is 0 Å². The molecule has 2 aromatic heterocycles. The van der Waals surface area contributed by atoms with E-state index in [1.165, 1.54) is 0 Å². The van der Waals surface area contributed by atoms with Gasteiger partial charge >= 0.3 is 0 Å². The molecule has 0 fully saturated rings. The van der Waals surface area contributed by atoms with Gasteiger partial charge < -0.3 is 0 Å². The van der Waals surface area contributed by atoms with E-state index in [4.69, 9.17) is 0 Å². The molecule has 2 heterocycles. The van der Waals surface area contributed by atoms with Crippen molar-refractivity contribution in [2.24, 2.45) is 7.05 Å². The molecule has 118 valence electrons. The van der Waals surface area contributed by atoms with E-state index >= 15 is 0 Å². The second kappa shape index (κ2) is 6.31. The fourth-order valence-corrected chi connectivity index (χ4v) is 3.20. The van der Waals surface area contributed by atoms with Crippen LogP contribution in [0.2, 0.25) is 0 Å². The maximum Gasteiger partial charge on any atom is 0.240 e. The van der Waals surface area contributed by atoms with Crippen molar-refractivity contribution in [2.45, 2.75) is 11.4 Å². The Labute approximate surface area is 134 Å². The molecule has 1 aromatic carbocycles. The molecule has 0 saturated heterocycles. The van der Waals surface area contributed by atoms with Gasteiger partial charge in [-0.15, -0.1) is 0 Å². The molecular weight excluding hydrogens is 312 g/mol. The zero-order chi connectivity index (χ0) is 16.3. The first kappa shape index (κ1) is 15.4. The highest BCUT2D eigenvalue weighted by Crippen LogP contribution is 2.20. The second-order valence-electron chi connectivity index (χ2n) is 5.11. The van der Waals surface area contributed by atoms with Crippen LogP contribution in [0.15, 0.2) is 66.1 Å². The van der Waals surface area contributed by atoms with Crippen LogP contribution in [0, 0.1) is 0 Å². The van der Waals surface area contributed by atoms with Gasteiger partial charge in [0.25, 0.3) is 0 Å². The highest BCUT2D eigenvalue weighted by molar-refractivity contribution is 7.89. The number of sulfonamides is 1. The van der Waals surface area contributed by atoms with E-state index in [0.29, 0.717) is 0 Å². The first-order valence-electron chi connectivity index (χ1n) is 7.02. The van der Waals surface area contributed by atoms with Crippen LogP contribution in [0.25, 0.3) is 11.1 Å². The lowest BCUT2D eigenvalue weighted by Gasteiger charge is -2.07. The zero-order valence-corrected chi connectivity index (χ0v) is 13.4. The number of nitrogens with one attached hydrogen (secondary N) is 1. The van der Waals surface area contributed by atoms with Crippen molar-refractivity contribution in [1.29, 1.82) is 0 Å². The first-order chi connectivity index (χ1) is 11.0. The third-order valence-corrected chi connectivity index (χ3v) is 4.80. The standard InChI is InChI=1S/C16H16N4O2S/c1-20-12-13(9-18-20)10-19-23(21,22)16-6-4-14(5-7-16)15-3-2-8-17-11-15/h2-9,11-12,19H,10H2,1H3. The number of hydrogen-bond acceptors (Lipinski definition) is 4. The molecule has 0 bridgehead atoms. The third-order valence-electron chi connectivity index (χ3n) is 3.38. The van der Waals surface area contributed by atoms with Gasteiger partial charge in [-0.2, -0.15) is 5.10 Å². The van der Waals surface area contributed by atoms with E-state index < -0.39 is 10.0 Å². The van der Waals surface area contributed by atoms with Crippen molar-refractivity contribution in [1.82, 2.24) is 19.5 Å². The van der Waals surface area contributed by atoms with Crippen LogP contribution in [-0.4, -0.2) is 23.2 Å². The van der Waals surface area contributed by atoms with Crippen LogP contribution < -0.4 is 4.72 Å². The number of hydrogen-bond donors (Lipinski definition) is 1. The molecule has 23 heavy (non-hydrogen) atoms. The quantitative estimate of drug-likeness (QED) is 0.777. The summed E-state index contributed by atoms with van der Waals surface area (Å²) in [5.74, 6) is 0. The SMILES string of the molecule is Cn1cc(CNS(=O)(=O)c2ccc(-c3cccnc3)cc2)cn1. The highest BCUT2D eigenvalue weighted by atomic mass is 32.2. The summed E-state index contributed by atoms with van der Waals surface area (Å²) in [6, 6.07) is 10.5. The molecule has 6 nitrogen and oxygen atoms in total. The van der Waals surface area contributed by atoms with Gasteiger partial charge in [-0.3, -0.25) is 9.67 Å². The van der Waals surface area contributed by atoms with E-state index in [1.807, 2.05) is 12.1 Å². The minimum Gasteiger partial charge on any atom is -0.275 e. The van der Waals surface area contributed by atoms with Crippen molar-refractivity contribution in [3.05, 3.63) is 66.7 Å². The Kier molecular flexibility index (Phi) is 4.22. The Morgan fingerprint density at radius 2 is 1.87 bits per heavy atom. The monoisotopic (exact) mass is 328 g/mol. The zero-order valence-electron chi connectivity index (χ0n) is 12.5. The topological polar surface area (TPSA) is 76.9 Å². The largest absolute Gasteiger partial charge is 0.275 e. The third kappa shape index (κ3) is 3.64. The molecular formula is C16H16N4O2S. The van der Waals surface area contributed by atoms with E-state index in [2.05, 4.69) is 14.8 Å². The minimum atomic E-state index is -3.55. The summed E-state index contributed by atoms with van der Waals surface area (Å²) in [5.41, 5.74) is 2.67. The van der Waals surface area contributed by atoms with Crippen LogP contribution in [0.1, 0.15) is 5.56 Å². The van der Waals surface area contributed by atoms with Crippen LogP contribution in [-0.2, 0) is 23.6 Å². The summed E-state index contributed by atoms with van der Waals surface area (Å²) in [7, 11) is -1.76. The number of rotatable bonds is 5. The molecule has 0 aliphatic carbocycles. The Morgan fingerprint density at radius 1 is 1.09 bits per heavy atom. The Bertz CT molecular complexity index is 887. The number of nitrogens with zero attached hydrogens (tertiary/aromatic N) is 3. The van der Waals surface area contributed by atoms with E-state index in [-0.39, 0.29) is 11.4 Å². The lowest BCUT2D eigenvalue weighted by atomic mass is 10.1. The molecule has 0 saturated carbocycles. The molecule has 0 aliphatic heterocycles. The molecule has 0 amide bonds. The average Bonchev–Trinajstić information content (AvgIpc) is 3.00. The lowest BCUT2D eigenvalue weighted by Crippen LogP contribution is -2.23. The summed E-state index contributed by atoms with van der Waals surface area (Å²) in [6.45, 7) is 0.209. The number of benzene rings is 1. The Morgan fingerprint density at radius 3 is 2.48 bits per heavy atom. The number of aryl methyl sites for hydroxylation is 1. The molecule has 1 N–H and O–H groups in total. The molecule has 0 aliphatic rings. The van der Waals surface area contributed by atoms with Gasteiger partial charge in [-0.25, -0.2) is 13.1 Å². The molecule has 0 radical (unpaired) electrons. The predicted molar refractivity (Wildman–Crippen MR) is 86.9 cm³/mol. The Hall–Kier alpha value is -2.51. The Balaban J connectivity index is 1.75. The van der Waals surface area contributed by atoms with Gasteiger partial charge in [-0.1, -0.05) is 18.2 Å². The maximum atomic E-state index is 12.3. The molecule has 7 heteroatoms. The van der Waals surface area contributed by atoms with Crippen LogP contribution >= 0.6 is 0 Å². The van der Waals surface area contributed by atoms with Gasteiger partial charge in [-0.05, 0) is 29.3 Å². The van der Waals surface area contributed by atoms with Crippen molar-refractivity contribution >= 4 is 10.0 Å². The normalized spacial score (nSPS) is 11.5. The van der Waals surface area contributed by atoms with Crippen LogP contribution in [0.4, 0.5) is 0 Å². The fraction of sp³-hybridized carbons (Fsp3) is 0.125. The molecule has 3 rings (SSSR count). The summed E-state index contributed by atoms with van der Waals surface area (Å²) < 4.78 is 28.8. The van der Waals surface area contributed by atoms with E-state index in [9.17, 15) is 8.42 Å². The van der Waals surface area contributed by atoms with E-state index in [0.717, 1.165) is 16.7 Å². The van der Waals surface area contributed by atoms with Gasteiger partial charge in [0.15, 0.2) is 0 Å². The fourth-order valence-electron chi connectivity index (χ4n) is 2.18. The lowest BCUT2D eigenvalue weighted by molar-refractivity contribution is 0.581. The number of pyridine rings is 1. The van der Waals surface area contributed by atoms with Crippen molar-refractivity contribution in [2.75, 3.05) is 0 Å². The molecule has 0 atom stereocenters. The summed E-state index contributed by atoms with van der Waals surface area (Å²) in [6.07, 6.45) is 6.84. The van der Waals surface area contributed by atoms with Crippen LogP contribution in [0.3, 0.4) is 0 Å². The van der Waals surface area contributed by atoms with Crippen molar-refractivity contribution in [3.63, 3.8) is 0 Å². The second-order valence-corrected chi connectivity index (χ2v) is 6.88. The van der Waals surface area contributed by atoms with Gasteiger partial charge in [0.1, 0.15) is 0 Å². The highest BCUT2D eigenvalue weighted by Gasteiger charge is 2.14. The van der Waals surface area contributed by atoms with Crippen molar-refractivity contribution < 1.29 is 8.42 Å². The first-order valence-corrected chi connectivity index (χ1v) is 8.50. The maximum absolute atomic E-state index is 12.3. The predicted octanol–water partition coefficient (Wildman–Crippen LogP) is 1.96. The smallest absolute Gasteiger partial charge is 0.240 e. The summed E-state index contributed by atoms with van der Waals surface area (Å²) in [5, 5.41) is 4.01. The summed E-state index contributed by atoms with van der Waals surface area (Å²) in [4.78, 5) is 4.29. The van der Waals surface area contributed by atoms with Crippen molar-refractivity contribution in [3.8, 4) is 11.1 Å². The van der Waals surface area contributed by atoms with Gasteiger partial charge in [0, 0.05) is 37.7 Å². The number of aromatic nitrogens is 3. The van der Waals surface area contributed by atoms with Gasteiger partial charge in [0.2, 0.25) is 10.0 Å². The summed E-state index contributed by atoms with van der Waals surface area (Å²) >= 11 is 0. The van der Waals surface area contributed by atoms with E-state index in [1.54, 1.807) is 60.8 Å². The molecule has 3 aromatic rings. The minimum absolute atomic E-state index is 0.209. The van der Waals surface area contributed by atoms with Gasteiger partial charge in [0.05, 0.1) is 11.1 Å². The average molecular weight is 328 g/mol.